The van der Waals surface area contributed by atoms with E-state index in [0.717, 1.165) is 12.1 Å². The predicted molar refractivity (Wildman–Crippen MR) is 112 cm³/mol. The van der Waals surface area contributed by atoms with Gasteiger partial charge in [0.2, 0.25) is 0 Å². The van der Waals surface area contributed by atoms with E-state index in [4.69, 9.17) is 4.74 Å². The van der Waals surface area contributed by atoms with Crippen LogP contribution in [0.3, 0.4) is 0 Å². The monoisotopic (exact) mass is 522 g/mol. The average Bonchev–Trinajstić information content (AvgIpc) is 3.18. The summed E-state index contributed by atoms with van der Waals surface area (Å²) < 4.78 is 88.1. The van der Waals surface area contributed by atoms with Crippen LogP contribution in [0.15, 0.2) is 42.5 Å². The molecule has 3 rings (SSSR count). The average molecular weight is 522 g/mol. The number of benzene rings is 2. The lowest BCUT2D eigenvalue weighted by atomic mass is 10.2. The first-order valence-electron chi connectivity index (χ1n) is 10.4. The van der Waals surface area contributed by atoms with Gasteiger partial charge >= 0.3 is 24.5 Å². The van der Waals surface area contributed by atoms with Gasteiger partial charge in [0.25, 0.3) is 0 Å². The van der Waals surface area contributed by atoms with Crippen LogP contribution in [0, 0.1) is 0 Å². The fourth-order valence-electron chi connectivity index (χ4n) is 3.52. The lowest BCUT2D eigenvalue weighted by molar-refractivity contribution is -0.274. The second-order valence-electron chi connectivity index (χ2n) is 7.79. The van der Waals surface area contributed by atoms with E-state index in [1.165, 1.54) is 24.3 Å². The summed E-state index contributed by atoms with van der Waals surface area (Å²) >= 11 is 0. The quantitative estimate of drug-likeness (QED) is 0.404. The number of hydrogen-bond donors (Lipinski definition) is 3. The molecule has 2 aromatic carbocycles. The summed E-state index contributed by atoms with van der Waals surface area (Å²) in [6.07, 6.45) is -8.85. The van der Waals surface area contributed by atoms with E-state index >= 15 is 0 Å². The molecule has 0 aromatic heterocycles. The molecule has 2 amide bonds. The minimum Gasteiger partial charge on any atom is -0.489 e. The Labute approximate surface area is 200 Å². The van der Waals surface area contributed by atoms with Gasteiger partial charge in [0, 0.05) is 24.2 Å². The minimum absolute atomic E-state index is 0.0830. The zero-order chi connectivity index (χ0) is 26.5. The molecule has 14 heteroatoms. The van der Waals surface area contributed by atoms with Crippen LogP contribution in [0.4, 0.5) is 36.8 Å². The number of hydrogen-bond acceptors (Lipinski definition) is 5. The summed E-state index contributed by atoms with van der Waals surface area (Å²) in [5, 5.41) is 14.5. The molecule has 1 aliphatic rings. The number of ether oxygens (including phenoxy) is 3. The maximum Gasteiger partial charge on any atom is 0.573 e. The van der Waals surface area contributed by atoms with Crippen LogP contribution in [0.25, 0.3) is 0 Å². The number of amides is 2. The van der Waals surface area contributed by atoms with Crippen LogP contribution in [0.1, 0.15) is 29.6 Å². The Morgan fingerprint density at radius 2 is 1.75 bits per heavy atom. The zero-order valence-electron chi connectivity index (χ0n) is 18.3. The molecule has 0 bridgehead atoms. The predicted octanol–water partition coefficient (Wildman–Crippen LogP) is 5.35. The molecule has 8 nitrogen and oxygen atoms in total. The third-order valence-electron chi connectivity index (χ3n) is 4.92. The Morgan fingerprint density at radius 3 is 2.42 bits per heavy atom. The van der Waals surface area contributed by atoms with Gasteiger partial charge in [0.15, 0.2) is 6.61 Å². The molecule has 36 heavy (non-hydrogen) atoms. The number of anilines is 1. The summed E-state index contributed by atoms with van der Waals surface area (Å²) in [7, 11) is 0. The van der Waals surface area contributed by atoms with Gasteiger partial charge in [0.05, 0.1) is 0 Å². The van der Waals surface area contributed by atoms with Crippen molar-refractivity contribution in [3.63, 3.8) is 0 Å². The smallest absolute Gasteiger partial charge is 0.489 e. The van der Waals surface area contributed by atoms with Gasteiger partial charge < -0.3 is 30.0 Å². The Bertz CT molecular complexity index is 1090. The molecule has 196 valence electrons. The number of rotatable bonds is 8. The summed E-state index contributed by atoms with van der Waals surface area (Å²) in [5.41, 5.74) is -0.316. The molecule has 1 fully saturated rings. The Balaban J connectivity index is 1.54. The van der Waals surface area contributed by atoms with E-state index in [-0.39, 0.29) is 29.6 Å². The largest absolute Gasteiger partial charge is 0.573 e. The van der Waals surface area contributed by atoms with Gasteiger partial charge in [-0.15, -0.1) is 13.2 Å². The lowest BCUT2D eigenvalue weighted by Crippen LogP contribution is -2.37. The highest BCUT2D eigenvalue weighted by atomic mass is 19.4. The number of carbonyl (C=O) groups excluding carboxylic acids is 1. The molecule has 2 atom stereocenters. The van der Waals surface area contributed by atoms with Crippen molar-refractivity contribution >= 4 is 17.7 Å². The van der Waals surface area contributed by atoms with E-state index in [0.29, 0.717) is 18.9 Å². The first-order chi connectivity index (χ1) is 16.8. The maximum atomic E-state index is 12.4. The van der Waals surface area contributed by atoms with Gasteiger partial charge in [-0.1, -0.05) is 6.07 Å². The van der Waals surface area contributed by atoms with Crippen LogP contribution in [-0.2, 0) is 0 Å². The maximum absolute atomic E-state index is 12.4. The summed E-state index contributed by atoms with van der Waals surface area (Å²) in [6.45, 7) is -1.48. The van der Waals surface area contributed by atoms with Crippen molar-refractivity contribution in [2.75, 3.05) is 11.9 Å². The number of halogens is 6. The molecule has 0 aliphatic heterocycles. The van der Waals surface area contributed by atoms with Gasteiger partial charge in [-0.3, -0.25) is 0 Å². The second kappa shape index (κ2) is 10.8. The molecule has 1 saturated carbocycles. The van der Waals surface area contributed by atoms with E-state index in [9.17, 15) is 41.0 Å². The van der Waals surface area contributed by atoms with Gasteiger partial charge in [0.1, 0.15) is 28.9 Å². The topological polar surface area (TPSA) is 106 Å². The molecular weight excluding hydrogens is 502 g/mol. The van der Waals surface area contributed by atoms with Crippen LogP contribution in [0.2, 0.25) is 0 Å². The molecule has 0 heterocycles. The Morgan fingerprint density at radius 1 is 1.00 bits per heavy atom. The molecule has 2 unspecified atom stereocenters. The highest BCUT2D eigenvalue weighted by Crippen LogP contribution is 2.32. The van der Waals surface area contributed by atoms with Gasteiger partial charge in [-0.2, -0.15) is 13.2 Å². The number of carbonyl (C=O) groups is 2. The highest BCUT2D eigenvalue weighted by molar-refractivity contribution is 5.91. The van der Waals surface area contributed by atoms with Gasteiger partial charge in [-0.05, 0) is 43.2 Å². The van der Waals surface area contributed by atoms with Crippen molar-refractivity contribution < 1.29 is 55.2 Å². The van der Waals surface area contributed by atoms with Crippen LogP contribution in [-0.4, -0.2) is 48.4 Å². The fraction of sp³-hybridized carbons (Fsp3) is 0.364. The van der Waals surface area contributed by atoms with Crippen molar-refractivity contribution in [2.24, 2.45) is 0 Å². The van der Waals surface area contributed by atoms with Crippen molar-refractivity contribution in [1.29, 1.82) is 0 Å². The molecule has 1 aliphatic carbocycles. The van der Waals surface area contributed by atoms with Crippen molar-refractivity contribution in [3.8, 4) is 17.2 Å². The van der Waals surface area contributed by atoms with E-state index in [1.54, 1.807) is 0 Å². The van der Waals surface area contributed by atoms with Crippen LogP contribution >= 0.6 is 0 Å². The first kappa shape index (κ1) is 26.8. The molecule has 0 saturated heterocycles. The Kier molecular flexibility index (Phi) is 8.05. The summed E-state index contributed by atoms with van der Waals surface area (Å²) in [4.78, 5) is 23.8. The van der Waals surface area contributed by atoms with Crippen LogP contribution in [0.5, 0.6) is 17.2 Å². The van der Waals surface area contributed by atoms with E-state index in [1.807, 2.05) is 0 Å². The summed E-state index contributed by atoms with van der Waals surface area (Å²) in [5.74, 6) is -2.45. The third-order valence-corrected chi connectivity index (χ3v) is 4.92. The van der Waals surface area contributed by atoms with Crippen molar-refractivity contribution in [3.05, 3.63) is 48.0 Å². The number of carboxylic acid groups (broad SMARTS) is 1. The molecule has 0 radical (unpaired) electrons. The molecule has 0 spiro atoms. The lowest BCUT2D eigenvalue weighted by Gasteiger charge is -2.18. The fourth-order valence-corrected chi connectivity index (χ4v) is 3.52. The first-order valence-corrected chi connectivity index (χ1v) is 10.4. The molecular formula is C22H20F6N2O6. The summed E-state index contributed by atoms with van der Waals surface area (Å²) in [6, 6.07) is 7.09. The van der Waals surface area contributed by atoms with Crippen LogP contribution < -0.4 is 24.8 Å². The minimum atomic E-state index is -4.99. The number of carboxylic acids is 1. The second-order valence-corrected chi connectivity index (χ2v) is 7.79. The standard InChI is InChI=1S/C22H20F6N2O6/c23-21(24,25)11-34-14-3-1-2-12(8-14)29-20(33)30-13-4-5-15(9-13)35-18-7-6-16(36-22(26,27)28)10-17(18)19(31)32/h1-3,6-8,10,13,15H,4-5,9,11H2,(H,31,32)(H2,29,30,33). The SMILES string of the molecule is O=C(Nc1cccc(OCC(F)(F)F)c1)NC1CCC(Oc2ccc(OC(F)(F)F)cc2C(=O)O)C1. The van der Waals surface area contributed by atoms with Crippen molar-refractivity contribution in [2.45, 2.75) is 43.9 Å². The Hall–Kier alpha value is -3.84. The third kappa shape index (κ3) is 8.43. The van der Waals surface area contributed by atoms with E-state index < -0.39 is 48.6 Å². The van der Waals surface area contributed by atoms with Crippen molar-refractivity contribution in [1.82, 2.24) is 5.32 Å². The number of nitrogens with one attached hydrogen (secondary N) is 2. The molecule has 3 N–H and O–H groups in total. The van der Waals surface area contributed by atoms with E-state index in [2.05, 4.69) is 20.1 Å². The number of aromatic carboxylic acids is 1. The number of alkyl halides is 6. The van der Waals surface area contributed by atoms with Gasteiger partial charge in [-0.25, -0.2) is 9.59 Å². The highest BCUT2D eigenvalue weighted by Gasteiger charge is 2.33. The molecule has 2 aromatic rings. The normalized spacial score (nSPS) is 17.8. The zero-order valence-corrected chi connectivity index (χ0v) is 18.3. The number of urea groups is 1.